The van der Waals surface area contributed by atoms with Crippen molar-refractivity contribution in [3.8, 4) is 11.8 Å². The fourth-order valence-corrected chi connectivity index (χ4v) is 3.62. The lowest BCUT2D eigenvalue weighted by Gasteiger charge is -2.47. The third-order valence-electron chi connectivity index (χ3n) is 5.49. The molecule has 2 fully saturated rings. The second-order valence-corrected chi connectivity index (χ2v) is 6.99. The van der Waals surface area contributed by atoms with Crippen LogP contribution in [0.5, 0.6) is 0 Å². The number of ether oxygens (including phenoxy) is 3. The van der Waals surface area contributed by atoms with Crippen LogP contribution in [-0.2, 0) is 19.0 Å². The molecule has 0 unspecified atom stereocenters. The largest absolute Gasteiger partial charge is 0.465 e. The number of hydrogen-bond acceptors (Lipinski definition) is 5. The summed E-state index contributed by atoms with van der Waals surface area (Å²) in [5.74, 6) is 5.46. The molecule has 4 atom stereocenters. The highest BCUT2D eigenvalue weighted by Gasteiger charge is 2.57. The SMILES string of the molecule is CCOC(=O)[C@]1(C)[C@H](C)CCC[C@]1(O)C#CCO[C@H]1CCCCO1. The Kier molecular flexibility index (Phi) is 6.68. The van der Waals surface area contributed by atoms with Crippen molar-refractivity contribution in [1.29, 1.82) is 0 Å². The van der Waals surface area contributed by atoms with E-state index in [0.717, 1.165) is 38.7 Å². The topological polar surface area (TPSA) is 65.0 Å². The Bertz CT molecular complexity index is 488. The van der Waals surface area contributed by atoms with Gasteiger partial charge in [0.1, 0.15) is 17.6 Å². The molecule has 1 heterocycles. The minimum atomic E-state index is -1.38. The van der Waals surface area contributed by atoms with Gasteiger partial charge in [-0.1, -0.05) is 18.8 Å². The average molecular weight is 338 g/mol. The Morgan fingerprint density at radius 3 is 2.79 bits per heavy atom. The highest BCUT2D eigenvalue weighted by Crippen LogP contribution is 2.48. The molecule has 0 aromatic rings. The molecule has 1 aliphatic carbocycles. The van der Waals surface area contributed by atoms with E-state index in [1.807, 2.05) is 6.92 Å². The molecule has 0 aromatic heterocycles. The van der Waals surface area contributed by atoms with Gasteiger partial charge in [0.2, 0.25) is 0 Å². The molecular weight excluding hydrogens is 308 g/mol. The number of esters is 1. The molecule has 0 radical (unpaired) electrons. The van der Waals surface area contributed by atoms with Crippen molar-refractivity contribution in [3.05, 3.63) is 0 Å². The van der Waals surface area contributed by atoms with Crippen LogP contribution in [0.1, 0.15) is 59.3 Å². The van der Waals surface area contributed by atoms with Gasteiger partial charge in [-0.05, 0) is 58.3 Å². The zero-order chi connectivity index (χ0) is 17.6. The average Bonchev–Trinajstić information content (AvgIpc) is 2.58. The summed E-state index contributed by atoms with van der Waals surface area (Å²) in [6, 6.07) is 0. The molecule has 2 rings (SSSR count). The molecule has 0 spiro atoms. The van der Waals surface area contributed by atoms with Gasteiger partial charge in [-0.15, -0.1) is 0 Å². The van der Waals surface area contributed by atoms with Crippen molar-refractivity contribution in [3.63, 3.8) is 0 Å². The Labute approximate surface area is 145 Å². The van der Waals surface area contributed by atoms with Crippen molar-refractivity contribution in [2.45, 2.75) is 71.2 Å². The maximum absolute atomic E-state index is 12.5. The van der Waals surface area contributed by atoms with E-state index >= 15 is 0 Å². The van der Waals surface area contributed by atoms with Crippen LogP contribution in [0.4, 0.5) is 0 Å². The zero-order valence-electron chi connectivity index (χ0n) is 15.1. The van der Waals surface area contributed by atoms with E-state index in [4.69, 9.17) is 14.2 Å². The summed E-state index contributed by atoms with van der Waals surface area (Å²) in [5.41, 5.74) is -2.40. The molecule has 5 heteroatoms. The summed E-state index contributed by atoms with van der Waals surface area (Å²) in [6.45, 7) is 6.74. The van der Waals surface area contributed by atoms with Crippen molar-refractivity contribution in [1.82, 2.24) is 0 Å². The van der Waals surface area contributed by atoms with Crippen molar-refractivity contribution in [2.24, 2.45) is 11.3 Å². The van der Waals surface area contributed by atoms with Crippen molar-refractivity contribution < 1.29 is 24.1 Å². The Hall–Kier alpha value is -1.09. The van der Waals surface area contributed by atoms with Gasteiger partial charge in [-0.25, -0.2) is 0 Å². The normalized spacial score (nSPS) is 36.5. The van der Waals surface area contributed by atoms with Gasteiger partial charge in [0.05, 0.1) is 6.61 Å². The Balaban J connectivity index is 2.06. The molecule has 1 N–H and O–H groups in total. The zero-order valence-corrected chi connectivity index (χ0v) is 15.1. The van der Waals surface area contributed by atoms with Gasteiger partial charge in [-0.3, -0.25) is 4.79 Å². The van der Waals surface area contributed by atoms with E-state index < -0.39 is 11.0 Å². The second-order valence-electron chi connectivity index (χ2n) is 6.99. The third-order valence-corrected chi connectivity index (χ3v) is 5.49. The van der Waals surface area contributed by atoms with Crippen LogP contribution in [0.25, 0.3) is 0 Å². The van der Waals surface area contributed by atoms with E-state index in [9.17, 15) is 9.90 Å². The second kappa shape index (κ2) is 8.33. The molecule has 0 amide bonds. The van der Waals surface area contributed by atoms with E-state index in [1.165, 1.54) is 0 Å². The summed E-state index contributed by atoms with van der Waals surface area (Å²) in [7, 11) is 0. The molecule has 2 aliphatic rings. The monoisotopic (exact) mass is 338 g/mol. The lowest BCUT2D eigenvalue weighted by molar-refractivity contribution is -0.179. The van der Waals surface area contributed by atoms with E-state index in [2.05, 4.69) is 11.8 Å². The highest BCUT2D eigenvalue weighted by atomic mass is 16.7. The van der Waals surface area contributed by atoms with Crippen LogP contribution >= 0.6 is 0 Å². The van der Waals surface area contributed by atoms with Crippen LogP contribution in [0.2, 0.25) is 0 Å². The van der Waals surface area contributed by atoms with Crippen LogP contribution in [-0.4, -0.2) is 42.8 Å². The molecular formula is C19H30O5. The predicted octanol–water partition coefficient (Wildman–Crippen LogP) is 2.65. The van der Waals surface area contributed by atoms with Gasteiger partial charge < -0.3 is 19.3 Å². The van der Waals surface area contributed by atoms with Crippen LogP contribution in [0.3, 0.4) is 0 Å². The van der Waals surface area contributed by atoms with Crippen LogP contribution < -0.4 is 0 Å². The highest BCUT2D eigenvalue weighted by molar-refractivity contribution is 5.79. The quantitative estimate of drug-likeness (QED) is 0.631. The number of carbonyl (C=O) groups excluding carboxylic acids is 1. The summed E-state index contributed by atoms with van der Waals surface area (Å²) >= 11 is 0. The molecule has 24 heavy (non-hydrogen) atoms. The van der Waals surface area contributed by atoms with Gasteiger partial charge in [-0.2, -0.15) is 0 Å². The van der Waals surface area contributed by atoms with E-state index in [1.54, 1.807) is 13.8 Å². The van der Waals surface area contributed by atoms with E-state index in [-0.39, 0.29) is 24.8 Å². The van der Waals surface area contributed by atoms with Gasteiger partial charge in [0.15, 0.2) is 6.29 Å². The number of hydrogen-bond donors (Lipinski definition) is 1. The smallest absolute Gasteiger partial charge is 0.316 e. The number of aliphatic hydroxyl groups is 1. The van der Waals surface area contributed by atoms with Crippen molar-refractivity contribution >= 4 is 5.97 Å². The Morgan fingerprint density at radius 1 is 1.33 bits per heavy atom. The summed E-state index contributed by atoms with van der Waals surface area (Å²) in [4.78, 5) is 12.5. The lowest BCUT2D eigenvalue weighted by atomic mass is 9.59. The fourth-order valence-electron chi connectivity index (χ4n) is 3.62. The summed E-state index contributed by atoms with van der Waals surface area (Å²) in [5, 5.41) is 11.1. The van der Waals surface area contributed by atoms with Crippen molar-refractivity contribution in [2.75, 3.05) is 19.8 Å². The maximum atomic E-state index is 12.5. The Morgan fingerprint density at radius 2 is 2.12 bits per heavy atom. The molecule has 136 valence electrons. The number of carbonyl (C=O) groups is 1. The van der Waals surface area contributed by atoms with E-state index in [0.29, 0.717) is 13.0 Å². The van der Waals surface area contributed by atoms with Gasteiger partial charge >= 0.3 is 5.97 Å². The first kappa shape index (κ1) is 19.2. The van der Waals surface area contributed by atoms with Gasteiger partial charge in [0, 0.05) is 6.61 Å². The minimum Gasteiger partial charge on any atom is -0.465 e. The number of rotatable bonds is 4. The molecule has 1 saturated carbocycles. The first-order chi connectivity index (χ1) is 11.4. The molecule has 5 nitrogen and oxygen atoms in total. The lowest BCUT2D eigenvalue weighted by Crippen LogP contribution is -2.57. The summed E-state index contributed by atoms with van der Waals surface area (Å²) in [6.07, 6.45) is 5.04. The summed E-state index contributed by atoms with van der Waals surface area (Å²) < 4.78 is 16.3. The standard InChI is InChI=1S/C19H30O5/c1-4-22-17(20)18(3)15(2)9-7-11-19(18,21)12-8-14-24-16-10-5-6-13-23-16/h15-16,21H,4-7,9-11,13-14H2,1-3H3/t15-,16+,18+,19+/m1/s1. The predicted molar refractivity (Wildman–Crippen MR) is 90.0 cm³/mol. The first-order valence-electron chi connectivity index (χ1n) is 9.07. The van der Waals surface area contributed by atoms with Crippen LogP contribution in [0, 0.1) is 23.2 Å². The first-order valence-corrected chi connectivity index (χ1v) is 9.07. The molecule has 1 aliphatic heterocycles. The minimum absolute atomic E-state index is 0.00666. The van der Waals surface area contributed by atoms with Gasteiger partial charge in [0.25, 0.3) is 0 Å². The van der Waals surface area contributed by atoms with Crippen LogP contribution in [0.15, 0.2) is 0 Å². The molecule has 1 saturated heterocycles. The maximum Gasteiger partial charge on any atom is 0.316 e. The molecule has 0 bridgehead atoms. The molecule has 0 aromatic carbocycles. The fraction of sp³-hybridized carbons (Fsp3) is 0.842. The third kappa shape index (κ3) is 3.93.